The van der Waals surface area contributed by atoms with Crippen LogP contribution in [0.1, 0.15) is 78.1 Å². The standard InChI is InChI=1S/C19H33N/c1-18-11-4-6-15(18)14-9-8-13-5-3-7-17(20)19(13,2)16(14)10-12-18/h13-17H,3-12,20H2,1-2H3/t13-,14+,15+,16+,17?,18+,19+/m1/s1. The van der Waals surface area contributed by atoms with Crippen molar-refractivity contribution in [3.8, 4) is 0 Å². The fourth-order valence-electron chi connectivity index (χ4n) is 7.39. The van der Waals surface area contributed by atoms with Crippen LogP contribution in [0, 0.1) is 34.5 Å². The van der Waals surface area contributed by atoms with E-state index in [0.717, 1.165) is 23.7 Å². The average Bonchev–Trinajstić information content (AvgIpc) is 2.82. The maximum absolute atomic E-state index is 6.70. The van der Waals surface area contributed by atoms with Gasteiger partial charge in [-0.2, -0.15) is 0 Å². The Morgan fingerprint density at radius 2 is 1.65 bits per heavy atom. The summed E-state index contributed by atoms with van der Waals surface area (Å²) in [6.07, 6.45) is 14.7. The van der Waals surface area contributed by atoms with Crippen molar-refractivity contribution in [1.82, 2.24) is 0 Å². The minimum Gasteiger partial charge on any atom is -0.327 e. The minimum absolute atomic E-state index is 0.477. The third kappa shape index (κ3) is 1.65. The summed E-state index contributed by atoms with van der Waals surface area (Å²) < 4.78 is 0. The predicted molar refractivity (Wildman–Crippen MR) is 84.3 cm³/mol. The van der Waals surface area contributed by atoms with Gasteiger partial charge in [-0.25, -0.2) is 0 Å². The van der Waals surface area contributed by atoms with Crippen molar-refractivity contribution in [2.45, 2.75) is 84.1 Å². The molecule has 1 nitrogen and oxygen atoms in total. The van der Waals surface area contributed by atoms with E-state index < -0.39 is 0 Å². The Kier molecular flexibility index (Phi) is 3.05. The predicted octanol–water partition coefficient (Wildman–Crippen LogP) is 4.75. The van der Waals surface area contributed by atoms with Crippen molar-refractivity contribution >= 4 is 0 Å². The second kappa shape index (κ2) is 4.48. The van der Waals surface area contributed by atoms with Crippen LogP contribution in [0.15, 0.2) is 0 Å². The molecule has 4 aliphatic rings. The lowest BCUT2D eigenvalue weighted by molar-refractivity contribution is -0.112. The molecule has 7 atom stereocenters. The first kappa shape index (κ1) is 13.6. The number of nitrogens with two attached hydrogens (primary N) is 1. The molecule has 0 aromatic carbocycles. The normalized spacial score (nSPS) is 58.6. The van der Waals surface area contributed by atoms with Crippen LogP contribution in [0.3, 0.4) is 0 Å². The van der Waals surface area contributed by atoms with Crippen LogP contribution in [0.5, 0.6) is 0 Å². The summed E-state index contributed by atoms with van der Waals surface area (Å²) in [4.78, 5) is 0. The maximum Gasteiger partial charge on any atom is 0.00983 e. The van der Waals surface area contributed by atoms with E-state index in [4.69, 9.17) is 5.73 Å². The van der Waals surface area contributed by atoms with Crippen LogP contribution >= 0.6 is 0 Å². The summed E-state index contributed by atoms with van der Waals surface area (Å²) >= 11 is 0. The molecule has 0 bridgehead atoms. The van der Waals surface area contributed by atoms with E-state index in [2.05, 4.69) is 13.8 Å². The minimum atomic E-state index is 0.477. The molecule has 0 amide bonds. The van der Waals surface area contributed by atoms with Crippen molar-refractivity contribution in [2.75, 3.05) is 0 Å². The lowest BCUT2D eigenvalue weighted by Gasteiger charge is -2.61. The Bertz CT molecular complexity index is 391. The Morgan fingerprint density at radius 3 is 2.50 bits per heavy atom. The SMILES string of the molecule is C[C@@]12CCC[C@H]1[C@@H]1CC[C@H]3CCCC(N)[C@]3(C)[C@H]1CC2. The van der Waals surface area contributed by atoms with Gasteiger partial charge in [-0.1, -0.05) is 26.7 Å². The van der Waals surface area contributed by atoms with Gasteiger partial charge in [0, 0.05) is 6.04 Å². The van der Waals surface area contributed by atoms with Gasteiger partial charge in [-0.05, 0) is 85.9 Å². The van der Waals surface area contributed by atoms with Gasteiger partial charge in [-0.15, -0.1) is 0 Å². The molecule has 0 aliphatic heterocycles. The number of rotatable bonds is 0. The molecule has 114 valence electrons. The van der Waals surface area contributed by atoms with Gasteiger partial charge in [0.2, 0.25) is 0 Å². The largest absolute Gasteiger partial charge is 0.327 e. The first-order chi connectivity index (χ1) is 9.56. The van der Waals surface area contributed by atoms with Gasteiger partial charge < -0.3 is 5.73 Å². The summed E-state index contributed by atoms with van der Waals surface area (Å²) in [6.45, 7) is 5.20. The van der Waals surface area contributed by atoms with Gasteiger partial charge in [0.15, 0.2) is 0 Å². The summed E-state index contributed by atoms with van der Waals surface area (Å²) in [6, 6.07) is 0.486. The highest BCUT2D eigenvalue weighted by Crippen LogP contribution is 2.65. The molecular formula is C19H33N. The highest BCUT2D eigenvalue weighted by molar-refractivity contribution is 5.09. The molecule has 0 aromatic rings. The molecular weight excluding hydrogens is 242 g/mol. The van der Waals surface area contributed by atoms with Crippen LogP contribution in [-0.4, -0.2) is 6.04 Å². The van der Waals surface area contributed by atoms with E-state index in [-0.39, 0.29) is 0 Å². The fourth-order valence-corrected chi connectivity index (χ4v) is 7.39. The van der Waals surface area contributed by atoms with E-state index in [9.17, 15) is 0 Å². The van der Waals surface area contributed by atoms with E-state index in [1.54, 1.807) is 0 Å². The lowest BCUT2D eigenvalue weighted by Crippen LogP contribution is -2.59. The van der Waals surface area contributed by atoms with Crippen molar-refractivity contribution in [1.29, 1.82) is 0 Å². The van der Waals surface area contributed by atoms with Gasteiger partial charge in [0.05, 0.1) is 0 Å². The van der Waals surface area contributed by atoms with Crippen LogP contribution in [0.2, 0.25) is 0 Å². The molecule has 0 radical (unpaired) electrons. The number of fused-ring (bicyclic) bond motifs is 5. The average molecular weight is 275 g/mol. The molecule has 1 unspecified atom stereocenters. The molecule has 0 spiro atoms. The van der Waals surface area contributed by atoms with Crippen LogP contribution in [0.4, 0.5) is 0 Å². The van der Waals surface area contributed by atoms with E-state index in [1.165, 1.54) is 64.2 Å². The van der Waals surface area contributed by atoms with Gasteiger partial charge in [-0.3, -0.25) is 0 Å². The summed E-state index contributed by atoms with van der Waals surface area (Å²) in [5, 5.41) is 0. The molecule has 4 fully saturated rings. The molecule has 20 heavy (non-hydrogen) atoms. The van der Waals surface area contributed by atoms with E-state index in [0.29, 0.717) is 16.9 Å². The third-order valence-electron chi connectivity index (χ3n) is 8.61. The van der Waals surface area contributed by atoms with Crippen LogP contribution in [-0.2, 0) is 0 Å². The van der Waals surface area contributed by atoms with Gasteiger partial charge in [0.25, 0.3) is 0 Å². The zero-order valence-electron chi connectivity index (χ0n) is 13.5. The summed E-state index contributed by atoms with van der Waals surface area (Å²) in [5.41, 5.74) is 7.88. The maximum atomic E-state index is 6.70. The van der Waals surface area contributed by atoms with Gasteiger partial charge in [0.1, 0.15) is 0 Å². The summed E-state index contributed by atoms with van der Waals surface area (Å²) in [7, 11) is 0. The molecule has 1 heteroatoms. The second-order valence-corrected chi connectivity index (χ2v) is 9.14. The zero-order chi connectivity index (χ0) is 14.0. The first-order valence-corrected chi connectivity index (χ1v) is 9.31. The Labute approximate surface area is 125 Å². The molecule has 2 N–H and O–H groups in total. The smallest absolute Gasteiger partial charge is 0.00983 e. The molecule has 0 heterocycles. The quantitative estimate of drug-likeness (QED) is 0.678. The third-order valence-corrected chi connectivity index (χ3v) is 8.61. The fraction of sp³-hybridized carbons (Fsp3) is 1.00. The number of hydrogen-bond donors (Lipinski definition) is 1. The van der Waals surface area contributed by atoms with Crippen LogP contribution in [0.25, 0.3) is 0 Å². The molecule has 4 saturated carbocycles. The highest BCUT2D eigenvalue weighted by atomic mass is 14.8. The molecule has 4 aliphatic carbocycles. The topological polar surface area (TPSA) is 26.0 Å². The molecule has 0 saturated heterocycles. The summed E-state index contributed by atoms with van der Waals surface area (Å²) in [5.74, 6) is 3.95. The van der Waals surface area contributed by atoms with E-state index in [1.807, 2.05) is 0 Å². The highest BCUT2D eigenvalue weighted by Gasteiger charge is 2.58. The first-order valence-electron chi connectivity index (χ1n) is 9.31. The number of hydrogen-bond acceptors (Lipinski definition) is 1. The monoisotopic (exact) mass is 275 g/mol. The van der Waals surface area contributed by atoms with Crippen molar-refractivity contribution in [3.05, 3.63) is 0 Å². The molecule has 0 aromatic heterocycles. The lowest BCUT2D eigenvalue weighted by atomic mass is 9.44. The Morgan fingerprint density at radius 1 is 0.800 bits per heavy atom. The van der Waals surface area contributed by atoms with Crippen molar-refractivity contribution in [3.63, 3.8) is 0 Å². The Balaban J connectivity index is 1.67. The van der Waals surface area contributed by atoms with Crippen LogP contribution < -0.4 is 5.73 Å². The van der Waals surface area contributed by atoms with E-state index >= 15 is 0 Å². The van der Waals surface area contributed by atoms with Crippen molar-refractivity contribution in [2.24, 2.45) is 40.2 Å². The van der Waals surface area contributed by atoms with Crippen molar-refractivity contribution < 1.29 is 0 Å². The van der Waals surface area contributed by atoms with Gasteiger partial charge >= 0.3 is 0 Å². The molecule has 4 rings (SSSR count). The Hall–Kier alpha value is -0.0400. The second-order valence-electron chi connectivity index (χ2n) is 9.14. The zero-order valence-corrected chi connectivity index (χ0v) is 13.5.